The van der Waals surface area contributed by atoms with Gasteiger partial charge in [-0.15, -0.1) is 0 Å². The van der Waals surface area contributed by atoms with Crippen LogP contribution >= 0.6 is 0 Å². The molecule has 0 fully saturated rings. The van der Waals surface area contributed by atoms with Crippen LogP contribution in [0.4, 0.5) is 0 Å². The molecule has 0 saturated carbocycles. The summed E-state index contributed by atoms with van der Waals surface area (Å²) < 4.78 is 0. The molecule has 0 bridgehead atoms. The third-order valence-corrected chi connectivity index (χ3v) is 2.00. The van der Waals surface area contributed by atoms with Crippen molar-refractivity contribution in [1.82, 2.24) is 15.2 Å². The van der Waals surface area contributed by atoms with Gasteiger partial charge in [0.25, 0.3) is 0 Å². The number of carboxylic acid groups (broad SMARTS) is 1. The average molecular weight is 169 g/mol. The SMILES string of the molecule is CC(C(=O)O)C(C)c1ncn[nH]1. The molecule has 1 aromatic rings. The summed E-state index contributed by atoms with van der Waals surface area (Å²) in [5.74, 6) is -0.785. The standard InChI is InChI=1S/C7H11N3O2/c1-4(5(2)7(11)12)6-8-3-9-10-6/h3-5H,1-2H3,(H,11,12)(H,8,9,10). The Kier molecular flexibility index (Phi) is 2.42. The lowest BCUT2D eigenvalue weighted by Crippen LogP contribution is -2.17. The Hall–Kier alpha value is -1.39. The van der Waals surface area contributed by atoms with E-state index in [4.69, 9.17) is 5.11 Å². The Labute approximate surface area is 69.8 Å². The smallest absolute Gasteiger partial charge is 0.306 e. The van der Waals surface area contributed by atoms with E-state index in [1.165, 1.54) is 6.33 Å². The summed E-state index contributed by atoms with van der Waals surface area (Å²) in [6.45, 7) is 3.45. The van der Waals surface area contributed by atoms with Crippen LogP contribution in [0.1, 0.15) is 25.6 Å². The molecule has 1 aromatic heterocycles. The van der Waals surface area contributed by atoms with Crippen LogP contribution in [0.3, 0.4) is 0 Å². The maximum absolute atomic E-state index is 10.6. The van der Waals surface area contributed by atoms with Crippen molar-refractivity contribution < 1.29 is 9.90 Å². The van der Waals surface area contributed by atoms with Crippen molar-refractivity contribution in [2.45, 2.75) is 19.8 Å². The van der Waals surface area contributed by atoms with Gasteiger partial charge in [-0.1, -0.05) is 13.8 Å². The number of rotatable bonds is 3. The summed E-state index contributed by atoms with van der Waals surface area (Å²) in [5, 5.41) is 15.0. The molecular weight excluding hydrogens is 158 g/mol. The highest BCUT2D eigenvalue weighted by Crippen LogP contribution is 2.19. The highest BCUT2D eigenvalue weighted by molar-refractivity contribution is 5.70. The van der Waals surface area contributed by atoms with Crippen LogP contribution in [0.25, 0.3) is 0 Å². The van der Waals surface area contributed by atoms with Crippen LogP contribution in [-0.2, 0) is 4.79 Å². The summed E-state index contributed by atoms with van der Waals surface area (Å²) in [7, 11) is 0. The molecule has 12 heavy (non-hydrogen) atoms. The van der Waals surface area contributed by atoms with Gasteiger partial charge in [-0.25, -0.2) is 4.98 Å². The predicted octanol–water partition coefficient (Wildman–Crippen LogP) is 0.629. The lowest BCUT2D eigenvalue weighted by atomic mass is 9.96. The van der Waals surface area contributed by atoms with E-state index in [0.717, 1.165) is 0 Å². The maximum atomic E-state index is 10.6. The molecule has 0 spiro atoms. The van der Waals surface area contributed by atoms with Crippen molar-refractivity contribution in [2.75, 3.05) is 0 Å². The Balaban J connectivity index is 2.71. The highest BCUT2D eigenvalue weighted by atomic mass is 16.4. The van der Waals surface area contributed by atoms with Gasteiger partial charge in [0, 0.05) is 5.92 Å². The van der Waals surface area contributed by atoms with Gasteiger partial charge in [0.05, 0.1) is 5.92 Å². The lowest BCUT2D eigenvalue weighted by Gasteiger charge is -2.11. The number of hydrogen-bond donors (Lipinski definition) is 2. The first-order valence-corrected chi connectivity index (χ1v) is 3.71. The van der Waals surface area contributed by atoms with Gasteiger partial charge in [0.2, 0.25) is 0 Å². The molecule has 66 valence electrons. The molecule has 1 rings (SSSR count). The van der Waals surface area contributed by atoms with Gasteiger partial charge in [-0.05, 0) is 0 Å². The molecule has 0 aromatic carbocycles. The molecule has 5 nitrogen and oxygen atoms in total. The topological polar surface area (TPSA) is 78.9 Å². The minimum absolute atomic E-state index is 0.134. The van der Waals surface area contributed by atoms with Gasteiger partial charge >= 0.3 is 5.97 Å². The van der Waals surface area contributed by atoms with Crippen molar-refractivity contribution >= 4 is 5.97 Å². The fraction of sp³-hybridized carbons (Fsp3) is 0.571. The second-order valence-electron chi connectivity index (χ2n) is 2.79. The number of nitrogens with zero attached hydrogens (tertiary/aromatic N) is 2. The van der Waals surface area contributed by atoms with Gasteiger partial charge in [-0.2, -0.15) is 5.10 Å². The number of hydrogen-bond acceptors (Lipinski definition) is 3. The molecule has 1 heterocycles. The number of aliphatic carboxylic acids is 1. The molecular formula is C7H11N3O2. The van der Waals surface area contributed by atoms with E-state index in [2.05, 4.69) is 15.2 Å². The Bertz CT molecular complexity index is 258. The van der Waals surface area contributed by atoms with E-state index in [-0.39, 0.29) is 5.92 Å². The quantitative estimate of drug-likeness (QED) is 0.695. The molecule has 0 saturated heterocycles. The third-order valence-electron chi connectivity index (χ3n) is 2.00. The van der Waals surface area contributed by atoms with Crippen molar-refractivity contribution in [1.29, 1.82) is 0 Å². The molecule has 0 aliphatic carbocycles. The van der Waals surface area contributed by atoms with Crippen molar-refractivity contribution in [2.24, 2.45) is 5.92 Å². The van der Waals surface area contributed by atoms with E-state index in [0.29, 0.717) is 5.82 Å². The predicted molar refractivity (Wildman–Crippen MR) is 41.6 cm³/mol. The van der Waals surface area contributed by atoms with Gasteiger partial charge in [0.1, 0.15) is 12.2 Å². The molecule has 5 heteroatoms. The number of carboxylic acids is 1. The van der Waals surface area contributed by atoms with Crippen LogP contribution in [-0.4, -0.2) is 26.3 Å². The summed E-state index contributed by atoms with van der Waals surface area (Å²) in [6, 6.07) is 0. The zero-order chi connectivity index (χ0) is 9.14. The zero-order valence-corrected chi connectivity index (χ0v) is 6.98. The Morgan fingerprint density at radius 1 is 1.67 bits per heavy atom. The summed E-state index contributed by atoms with van der Waals surface area (Å²) in [6.07, 6.45) is 1.38. The molecule has 0 radical (unpaired) electrons. The number of carbonyl (C=O) groups is 1. The molecule has 0 aliphatic heterocycles. The first-order valence-electron chi connectivity index (χ1n) is 3.71. The summed E-state index contributed by atoms with van der Waals surface area (Å²) in [4.78, 5) is 14.5. The number of aromatic nitrogens is 3. The minimum atomic E-state index is -0.820. The first kappa shape index (κ1) is 8.70. The third kappa shape index (κ3) is 1.61. The van der Waals surface area contributed by atoms with Gasteiger partial charge in [-0.3, -0.25) is 9.89 Å². The van der Waals surface area contributed by atoms with E-state index in [1.807, 2.05) is 0 Å². The molecule has 2 unspecified atom stereocenters. The highest BCUT2D eigenvalue weighted by Gasteiger charge is 2.22. The minimum Gasteiger partial charge on any atom is -0.481 e. The van der Waals surface area contributed by atoms with Crippen molar-refractivity contribution in [3.63, 3.8) is 0 Å². The summed E-state index contributed by atoms with van der Waals surface area (Å²) in [5.41, 5.74) is 0. The van der Waals surface area contributed by atoms with Gasteiger partial charge < -0.3 is 5.11 Å². The van der Waals surface area contributed by atoms with Crippen LogP contribution in [0, 0.1) is 5.92 Å². The van der Waals surface area contributed by atoms with Crippen LogP contribution in [0.15, 0.2) is 6.33 Å². The lowest BCUT2D eigenvalue weighted by molar-refractivity contribution is -0.141. The Morgan fingerprint density at radius 3 is 2.75 bits per heavy atom. The fourth-order valence-electron chi connectivity index (χ4n) is 0.885. The van der Waals surface area contributed by atoms with Crippen molar-refractivity contribution in [3.05, 3.63) is 12.2 Å². The van der Waals surface area contributed by atoms with Crippen molar-refractivity contribution in [3.8, 4) is 0 Å². The van der Waals surface area contributed by atoms with E-state index >= 15 is 0 Å². The molecule has 2 atom stereocenters. The Morgan fingerprint density at radius 2 is 2.33 bits per heavy atom. The van der Waals surface area contributed by atoms with Crippen LogP contribution < -0.4 is 0 Å². The second kappa shape index (κ2) is 3.34. The molecule has 0 aliphatic rings. The molecule has 0 amide bonds. The van der Waals surface area contributed by atoms with E-state index < -0.39 is 11.9 Å². The van der Waals surface area contributed by atoms with Crippen LogP contribution in [0.2, 0.25) is 0 Å². The second-order valence-corrected chi connectivity index (χ2v) is 2.79. The first-order chi connectivity index (χ1) is 5.63. The monoisotopic (exact) mass is 169 g/mol. The summed E-state index contributed by atoms with van der Waals surface area (Å²) >= 11 is 0. The zero-order valence-electron chi connectivity index (χ0n) is 6.98. The maximum Gasteiger partial charge on any atom is 0.306 e. The number of H-pyrrole nitrogens is 1. The number of aromatic amines is 1. The van der Waals surface area contributed by atoms with Crippen LogP contribution in [0.5, 0.6) is 0 Å². The largest absolute Gasteiger partial charge is 0.481 e. The average Bonchev–Trinajstić information content (AvgIpc) is 2.53. The fourth-order valence-corrected chi connectivity index (χ4v) is 0.885. The van der Waals surface area contributed by atoms with E-state index in [9.17, 15) is 4.79 Å². The number of nitrogens with one attached hydrogen (secondary N) is 1. The molecule has 2 N–H and O–H groups in total. The van der Waals surface area contributed by atoms with E-state index in [1.54, 1.807) is 13.8 Å². The van der Waals surface area contributed by atoms with Gasteiger partial charge in [0.15, 0.2) is 0 Å². The normalized spacial score (nSPS) is 15.5.